The van der Waals surface area contributed by atoms with Crippen molar-refractivity contribution in [3.63, 3.8) is 0 Å². The molecule has 40 heavy (non-hydrogen) atoms. The average molecular weight is 663 g/mol. The van der Waals surface area contributed by atoms with Gasteiger partial charge in [0.1, 0.15) is 0 Å². The van der Waals surface area contributed by atoms with Crippen molar-refractivity contribution in [1.82, 2.24) is 0 Å². The van der Waals surface area contributed by atoms with E-state index in [4.69, 9.17) is 0 Å². The van der Waals surface area contributed by atoms with E-state index in [-0.39, 0.29) is 41.1 Å². The number of hydrogen-bond donors (Lipinski definition) is 0. The molecule has 0 aliphatic rings. The Hall–Kier alpha value is -1.70. The van der Waals surface area contributed by atoms with Crippen LogP contribution >= 0.6 is 0 Å². The van der Waals surface area contributed by atoms with Gasteiger partial charge < -0.3 is 24.8 Å². The van der Waals surface area contributed by atoms with Crippen molar-refractivity contribution < 1.29 is 48.1 Å². The molecule has 0 radical (unpaired) electrons. The average Bonchev–Trinajstić information content (AvgIpc) is 3.49. The summed E-state index contributed by atoms with van der Waals surface area (Å²) in [5.41, 5.74) is 3.50. The molecule has 0 nitrogen and oxygen atoms in total. The molecule has 0 saturated heterocycles. The summed E-state index contributed by atoms with van der Waals surface area (Å²) >= 11 is 1.74. The van der Waals surface area contributed by atoms with Crippen molar-refractivity contribution in [2.45, 2.75) is 65.5 Å². The Labute approximate surface area is 268 Å². The smallest absolute Gasteiger partial charge is 1.00 e. The van der Waals surface area contributed by atoms with Gasteiger partial charge in [0, 0.05) is 0 Å². The SMILES string of the molecule is CC(C)(C)c1cc2ccc3ccccc3c2[cH-]1.CC(C)(C)c1cc2ccc3ccccc3c2[cH-]1.C[Si](C)=[Zr+2].[Cl-].[Cl-]. The fourth-order valence-electron chi connectivity index (χ4n) is 4.79. The molecule has 0 N–H and O–H groups in total. The second-order valence-corrected chi connectivity index (χ2v) is 21.9. The van der Waals surface area contributed by atoms with Gasteiger partial charge in [-0.3, -0.25) is 0 Å². The number of benzene rings is 4. The van der Waals surface area contributed by atoms with Gasteiger partial charge in [-0.15, -0.1) is 56.9 Å². The van der Waals surface area contributed by atoms with Gasteiger partial charge >= 0.3 is 41.9 Å². The van der Waals surface area contributed by atoms with Crippen LogP contribution in [0.4, 0.5) is 0 Å². The van der Waals surface area contributed by atoms with Gasteiger partial charge in [-0.1, -0.05) is 124 Å². The second kappa shape index (κ2) is 14.0. The molecule has 0 aliphatic carbocycles. The predicted octanol–water partition coefficient (Wildman–Crippen LogP) is 4.81. The molecule has 208 valence electrons. The summed E-state index contributed by atoms with van der Waals surface area (Å²) in [5.74, 6) is 0. The largest absolute Gasteiger partial charge is 1.00 e. The zero-order chi connectivity index (χ0) is 27.7. The standard InChI is InChI=1S/2C17H17.C2H6Si.2ClH.Zr/c2*1-17(2,3)14-10-13-9-8-12-6-4-5-7-15(12)16(13)11-14;1-3-2;;;/h2*4-11H,1-3H3;1-2H3;2*1H;/q2*-1;;;;+2/p-2. The van der Waals surface area contributed by atoms with E-state index in [2.05, 4.69) is 152 Å². The Bertz CT molecular complexity index is 1600. The molecular formula is C36H40Cl2SiZr-2. The molecular weight excluding hydrogens is 623 g/mol. The minimum Gasteiger partial charge on any atom is -1.00 e. The zero-order valence-electron chi connectivity index (χ0n) is 25.0. The second-order valence-electron chi connectivity index (χ2n) is 12.6. The number of rotatable bonds is 0. The molecule has 0 unspecified atom stereocenters. The Morgan fingerprint density at radius 1 is 0.525 bits per heavy atom. The first kappa shape index (κ1) is 34.5. The molecule has 0 aromatic heterocycles. The fourth-order valence-corrected chi connectivity index (χ4v) is 4.79. The maximum atomic E-state index is 2.34. The maximum absolute atomic E-state index is 2.34. The van der Waals surface area contributed by atoms with Crippen molar-refractivity contribution in [1.29, 1.82) is 0 Å². The van der Waals surface area contributed by atoms with Crippen LogP contribution in [0.3, 0.4) is 0 Å². The minimum atomic E-state index is 0. The molecule has 6 aromatic carbocycles. The van der Waals surface area contributed by atoms with Crippen LogP contribution in [0.2, 0.25) is 13.1 Å². The molecule has 0 spiro atoms. The van der Waals surface area contributed by atoms with E-state index in [0.29, 0.717) is 0 Å². The van der Waals surface area contributed by atoms with E-state index in [1.807, 2.05) is 0 Å². The van der Waals surface area contributed by atoms with Crippen LogP contribution in [0, 0.1) is 0 Å². The van der Waals surface area contributed by atoms with Crippen LogP contribution in [0.15, 0.2) is 97.1 Å². The third-order valence-electron chi connectivity index (χ3n) is 6.96. The number of hydrogen-bond acceptors (Lipinski definition) is 0. The molecule has 4 heteroatoms. The summed E-state index contributed by atoms with van der Waals surface area (Å²) in [6.07, 6.45) is 0. The normalized spacial score (nSPS) is 11.2. The summed E-state index contributed by atoms with van der Waals surface area (Å²) in [7, 11) is 0. The minimum absolute atomic E-state index is 0. The Morgan fingerprint density at radius 3 is 1.15 bits per heavy atom. The van der Waals surface area contributed by atoms with Gasteiger partial charge in [0.05, 0.1) is 0 Å². The van der Waals surface area contributed by atoms with Gasteiger partial charge in [0.25, 0.3) is 0 Å². The topological polar surface area (TPSA) is 0 Å². The van der Waals surface area contributed by atoms with E-state index in [0.717, 1.165) is 0 Å². The summed E-state index contributed by atoms with van der Waals surface area (Å²) in [4.78, 5) is 0. The molecule has 6 rings (SSSR count). The Morgan fingerprint density at radius 2 is 0.825 bits per heavy atom. The fraction of sp³-hybridized carbons (Fsp3) is 0.278. The van der Waals surface area contributed by atoms with Gasteiger partial charge in [-0.05, 0) is 10.8 Å². The van der Waals surface area contributed by atoms with Crippen LogP contribution in [-0.2, 0) is 34.2 Å². The van der Waals surface area contributed by atoms with E-state index >= 15 is 0 Å². The molecule has 0 amide bonds. The van der Waals surface area contributed by atoms with Crippen molar-refractivity contribution in [2.24, 2.45) is 0 Å². The van der Waals surface area contributed by atoms with E-state index < -0.39 is 0 Å². The molecule has 6 aromatic rings. The molecule has 0 saturated carbocycles. The summed E-state index contributed by atoms with van der Waals surface area (Å²) in [6, 6.07) is 35.4. The monoisotopic (exact) mass is 660 g/mol. The van der Waals surface area contributed by atoms with Gasteiger partial charge in [0.15, 0.2) is 0 Å². The van der Waals surface area contributed by atoms with Crippen LogP contribution in [-0.4, -0.2) is 5.43 Å². The van der Waals surface area contributed by atoms with E-state index in [9.17, 15) is 0 Å². The molecule has 0 atom stereocenters. The van der Waals surface area contributed by atoms with Crippen molar-refractivity contribution in [3.05, 3.63) is 108 Å². The summed E-state index contributed by atoms with van der Waals surface area (Å²) in [5, 5.41) is 10.8. The van der Waals surface area contributed by atoms with Crippen molar-refractivity contribution in [3.8, 4) is 0 Å². The van der Waals surface area contributed by atoms with Gasteiger partial charge in [-0.25, -0.2) is 0 Å². The molecule has 0 aliphatic heterocycles. The van der Waals surface area contributed by atoms with Crippen molar-refractivity contribution >= 4 is 48.5 Å². The van der Waals surface area contributed by atoms with Crippen LogP contribution in [0.5, 0.6) is 0 Å². The number of halogens is 2. The third kappa shape index (κ3) is 8.19. The Balaban J connectivity index is 0.000000237. The zero-order valence-corrected chi connectivity index (χ0v) is 30.0. The third-order valence-corrected chi connectivity index (χ3v) is 6.96. The number of fused-ring (bicyclic) bond motifs is 6. The molecule has 0 fully saturated rings. The Kier molecular flexibility index (Phi) is 12.1. The quantitative estimate of drug-likeness (QED) is 0.162. The first-order valence-corrected chi connectivity index (χ1v) is 19.7. The maximum Gasteiger partial charge on any atom is -1.00 e. The van der Waals surface area contributed by atoms with E-state index in [1.54, 1.807) is 23.3 Å². The molecule has 0 heterocycles. The first-order valence-electron chi connectivity index (χ1n) is 13.5. The van der Waals surface area contributed by atoms with Gasteiger partial charge in [-0.2, -0.15) is 12.1 Å². The van der Waals surface area contributed by atoms with E-state index in [1.165, 1.54) is 54.2 Å². The first-order chi connectivity index (χ1) is 17.8. The van der Waals surface area contributed by atoms with Gasteiger partial charge in [0.2, 0.25) is 0 Å². The summed E-state index contributed by atoms with van der Waals surface area (Å²) < 4.78 is 0. The van der Waals surface area contributed by atoms with Crippen LogP contribution in [0.1, 0.15) is 52.7 Å². The van der Waals surface area contributed by atoms with Crippen molar-refractivity contribution in [2.75, 3.05) is 0 Å². The molecule has 0 bridgehead atoms. The van der Waals surface area contributed by atoms with Crippen LogP contribution in [0.25, 0.3) is 43.1 Å². The van der Waals surface area contributed by atoms with Crippen LogP contribution < -0.4 is 24.8 Å². The predicted molar refractivity (Wildman–Crippen MR) is 169 cm³/mol. The summed E-state index contributed by atoms with van der Waals surface area (Å²) in [6.45, 7) is 18.2.